The molecule has 0 radical (unpaired) electrons. The predicted molar refractivity (Wildman–Crippen MR) is 83.0 cm³/mol. The number of hydrogen-bond donors (Lipinski definition) is 1. The van der Waals surface area contributed by atoms with E-state index >= 15 is 0 Å². The average molecular weight is 286 g/mol. The molecule has 4 heteroatoms. The molecule has 3 nitrogen and oxygen atoms in total. The summed E-state index contributed by atoms with van der Waals surface area (Å²) in [4.78, 5) is 2.57. The molecular formula is C15H30N2OS. The van der Waals surface area contributed by atoms with Gasteiger partial charge in [-0.25, -0.2) is 0 Å². The number of hydrogen-bond acceptors (Lipinski definition) is 3. The third-order valence-electron chi connectivity index (χ3n) is 4.74. The van der Waals surface area contributed by atoms with Crippen LogP contribution in [0.25, 0.3) is 0 Å². The summed E-state index contributed by atoms with van der Waals surface area (Å²) in [6, 6.07) is 0. The highest BCUT2D eigenvalue weighted by molar-refractivity contribution is 7.85. The second-order valence-electron chi connectivity index (χ2n) is 6.32. The lowest BCUT2D eigenvalue weighted by Crippen LogP contribution is -2.48. The Morgan fingerprint density at radius 3 is 2.32 bits per heavy atom. The van der Waals surface area contributed by atoms with E-state index in [1.54, 1.807) is 0 Å². The van der Waals surface area contributed by atoms with Crippen LogP contribution in [-0.4, -0.2) is 53.3 Å². The lowest BCUT2D eigenvalue weighted by Gasteiger charge is -2.39. The maximum absolute atomic E-state index is 11.5. The van der Waals surface area contributed by atoms with Gasteiger partial charge in [-0.2, -0.15) is 0 Å². The van der Waals surface area contributed by atoms with Crippen LogP contribution < -0.4 is 5.32 Å². The average Bonchev–Trinajstić information content (AvgIpc) is 2.65. The van der Waals surface area contributed by atoms with Gasteiger partial charge in [0.1, 0.15) is 0 Å². The van der Waals surface area contributed by atoms with Gasteiger partial charge in [-0.1, -0.05) is 32.6 Å². The molecule has 1 saturated heterocycles. The van der Waals surface area contributed by atoms with Crippen molar-refractivity contribution in [1.82, 2.24) is 10.2 Å². The fourth-order valence-electron chi connectivity index (χ4n) is 3.57. The molecule has 0 spiro atoms. The molecule has 19 heavy (non-hydrogen) atoms. The Balaban J connectivity index is 1.93. The van der Waals surface area contributed by atoms with Crippen LogP contribution >= 0.6 is 0 Å². The monoisotopic (exact) mass is 286 g/mol. The fraction of sp³-hybridized carbons (Fsp3) is 1.00. The quantitative estimate of drug-likeness (QED) is 0.785. The zero-order valence-corrected chi connectivity index (χ0v) is 13.3. The highest BCUT2D eigenvalue weighted by atomic mass is 32.2. The molecule has 0 unspecified atom stereocenters. The first kappa shape index (κ1) is 15.5. The minimum absolute atomic E-state index is 0.478. The Hall–Kier alpha value is 0.0700. The van der Waals surface area contributed by atoms with Crippen molar-refractivity contribution in [2.24, 2.45) is 5.41 Å². The Bertz CT molecular complexity index is 278. The zero-order valence-electron chi connectivity index (χ0n) is 12.5. The second kappa shape index (κ2) is 7.75. The third kappa shape index (κ3) is 4.83. The minimum Gasteiger partial charge on any atom is -0.316 e. The maximum atomic E-state index is 11.5. The molecule has 0 amide bonds. The van der Waals surface area contributed by atoms with Gasteiger partial charge < -0.3 is 10.2 Å². The molecular weight excluding hydrogens is 256 g/mol. The van der Waals surface area contributed by atoms with Crippen LogP contribution in [0.15, 0.2) is 0 Å². The van der Waals surface area contributed by atoms with E-state index in [1.807, 2.05) is 0 Å². The normalized spacial score (nSPS) is 26.2. The van der Waals surface area contributed by atoms with Gasteiger partial charge in [0.2, 0.25) is 0 Å². The molecule has 1 heterocycles. The summed E-state index contributed by atoms with van der Waals surface area (Å²) in [5.74, 6) is 1.77. The Labute approximate surface area is 121 Å². The first-order chi connectivity index (χ1) is 9.24. The van der Waals surface area contributed by atoms with E-state index in [2.05, 4.69) is 17.1 Å². The molecule has 1 aliphatic carbocycles. The molecule has 1 N–H and O–H groups in total. The van der Waals surface area contributed by atoms with Gasteiger partial charge in [-0.3, -0.25) is 4.21 Å². The summed E-state index contributed by atoms with van der Waals surface area (Å²) in [7, 11) is -0.547. The van der Waals surface area contributed by atoms with Crippen molar-refractivity contribution in [3.63, 3.8) is 0 Å². The topological polar surface area (TPSA) is 32.3 Å². The summed E-state index contributed by atoms with van der Waals surface area (Å²) in [5.41, 5.74) is 0.478. The van der Waals surface area contributed by atoms with Gasteiger partial charge >= 0.3 is 0 Å². The molecule has 1 saturated carbocycles. The van der Waals surface area contributed by atoms with Gasteiger partial charge in [0, 0.05) is 48.5 Å². The first-order valence-corrected chi connectivity index (χ1v) is 9.51. The Morgan fingerprint density at radius 2 is 1.74 bits per heavy atom. The molecule has 0 aromatic rings. The third-order valence-corrected chi connectivity index (χ3v) is 6.02. The van der Waals surface area contributed by atoms with Crippen molar-refractivity contribution in [2.75, 3.05) is 44.2 Å². The molecule has 0 aromatic heterocycles. The van der Waals surface area contributed by atoms with E-state index in [9.17, 15) is 4.21 Å². The second-order valence-corrected chi connectivity index (χ2v) is 8.01. The first-order valence-electron chi connectivity index (χ1n) is 8.02. The predicted octanol–water partition coefficient (Wildman–Crippen LogP) is 2.00. The summed E-state index contributed by atoms with van der Waals surface area (Å²) in [6.07, 6.45) is 8.37. The van der Waals surface area contributed by atoms with Gasteiger partial charge in [0.05, 0.1) is 0 Å². The summed E-state index contributed by atoms with van der Waals surface area (Å²) >= 11 is 0. The highest BCUT2D eigenvalue weighted by Gasteiger charge is 2.33. The van der Waals surface area contributed by atoms with Crippen molar-refractivity contribution >= 4 is 10.8 Å². The van der Waals surface area contributed by atoms with Crippen molar-refractivity contribution < 1.29 is 4.21 Å². The maximum Gasteiger partial charge on any atom is 0.0363 e. The van der Waals surface area contributed by atoms with Gasteiger partial charge in [-0.15, -0.1) is 0 Å². The largest absolute Gasteiger partial charge is 0.316 e. The van der Waals surface area contributed by atoms with Crippen LogP contribution in [0.3, 0.4) is 0 Å². The standard InChI is InChI=1S/C15H30N2OS/c1-2-16-13-15(7-5-3-4-6-8-15)14-17-9-11-19(18)12-10-17/h16H,2-14H2,1H3. The van der Waals surface area contributed by atoms with E-state index in [1.165, 1.54) is 51.6 Å². The summed E-state index contributed by atoms with van der Waals surface area (Å²) in [5, 5.41) is 3.60. The molecule has 0 bridgehead atoms. The van der Waals surface area contributed by atoms with Crippen LogP contribution in [0.1, 0.15) is 45.4 Å². The van der Waals surface area contributed by atoms with E-state index in [4.69, 9.17) is 0 Å². The summed E-state index contributed by atoms with van der Waals surface area (Å²) < 4.78 is 11.5. The molecule has 2 aliphatic rings. The van der Waals surface area contributed by atoms with E-state index in [0.29, 0.717) is 5.41 Å². The van der Waals surface area contributed by atoms with Crippen LogP contribution in [-0.2, 0) is 10.8 Å². The van der Waals surface area contributed by atoms with Crippen LogP contribution in [0.4, 0.5) is 0 Å². The molecule has 1 aliphatic heterocycles. The number of nitrogens with one attached hydrogen (secondary N) is 1. The SMILES string of the molecule is CCNCC1(CN2CCS(=O)CC2)CCCCCC1. The molecule has 0 aromatic carbocycles. The van der Waals surface area contributed by atoms with Gasteiger partial charge in [-0.05, 0) is 24.8 Å². The lowest BCUT2D eigenvalue weighted by molar-refractivity contribution is 0.134. The Morgan fingerprint density at radius 1 is 1.11 bits per heavy atom. The van der Waals surface area contributed by atoms with Crippen LogP contribution in [0, 0.1) is 5.41 Å². The molecule has 0 atom stereocenters. The van der Waals surface area contributed by atoms with Crippen LogP contribution in [0.5, 0.6) is 0 Å². The van der Waals surface area contributed by atoms with Gasteiger partial charge in [0.15, 0.2) is 0 Å². The fourth-order valence-corrected chi connectivity index (χ4v) is 4.70. The van der Waals surface area contributed by atoms with E-state index in [0.717, 1.165) is 31.1 Å². The van der Waals surface area contributed by atoms with Crippen molar-refractivity contribution in [1.29, 1.82) is 0 Å². The highest BCUT2D eigenvalue weighted by Crippen LogP contribution is 2.35. The minimum atomic E-state index is -0.547. The number of rotatable bonds is 5. The van der Waals surface area contributed by atoms with Crippen molar-refractivity contribution in [3.8, 4) is 0 Å². The van der Waals surface area contributed by atoms with E-state index in [-0.39, 0.29) is 0 Å². The molecule has 2 fully saturated rings. The Kier molecular flexibility index (Phi) is 6.30. The van der Waals surface area contributed by atoms with Crippen LogP contribution in [0.2, 0.25) is 0 Å². The number of nitrogens with zero attached hydrogens (tertiary/aromatic N) is 1. The summed E-state index contributed by atoms with van der Waals surface area (Å²) in [6.45, 7) is 7.75. The van der Waals surface area contributed by atoms with Crippen molar-refractivity contribution in [2.45, 2.75) is 45.4 Å². The van der Waals surface area contributed by atoms with E-state index < -0.39 is 10.8 Å². The van der Waals surface area contributed by atoms with Crippen molar-refractivity contribution in [3.05, 3.63) is 0 Å². The molecule has 2 rings (SSSR count). The van der Waals surface area contributed by atoms with Gasteiger partial charge in [0.25, 0.3) is 0 Å². The lowest BCUT2D eigenvalue weighted by atomic mass is 9.79. The zero-order chi connectivity index (χ0) is 13.6. The molecule has 112 valence electrons. The smallest absolute Gasteiger partial charge is 0.0363 e.